The first-order valence-electron chi connectivity index (χ1n) is 9.58. The molecule has 0 radical (unpaired) electrons. The van der Waals surface area contributed by atoms with Crippen LogP contribution in [0.1, 0.15) is 43.2 Å². The highest BCUT2D eigenvalue weighted by Gasteiger charge is 2.41. The number of benzene rings is 2. The zero-order valence-electron chi connectivity index (χ0n) is 15.4. The number of anilines is 1. The predicted molar refractivity (Wildman–Crippen MR) is 107 cm³/mol. The fourth-order valence-corrected chi connectivity index (χ4v) is 4.55. The first kappa shape index (κ1) is 16.9. The summed E-state index contributed by atoms with van der Waals surface area (Å²) < 4.78 is 0. The number of hydrogen-bond donors (Lipinski definition) is 1. The molecule has 134 valence electrons. The van der Waals surface area contributed by atoms with Crippen LogP contribution >= 0.6 is 0 Å². The van der Waals surface area contributed by atoms with Crippen molar-refractivity contribution >= 4 is 17.3 Å². The van der Waals surface area contributed by atoms with E-state index in [4.69, 9.17) is 0 Å². The normalized spacial score (nSPS) is 20.0. The summed E-state index contributed by atoms with van der Waals surface area (Å²) in [6.45, 7) is 0. The molecule has 0 unspecified atom stereocenters. The number of rotatable bonds is 2. The van der Waals surface area contributed by atoms with Gasteiger partial charge in [-0.15, -0.1) is 0 Å². The molecule has 2 aromatic rings. The van der Waals surface area contributed by atoms with Gasteiger partial charge < -0.3 is 10.2 Å². The van der Waals surface area contributed by atoms with Gasteiger partial charge in [0.05, 0.1) is 0 Å². The summed E-state index contributed by atoms with van der Waals surface area (Å²) in [4.78, 5) is 15.1. The summed E-state index contributed by atoms with van der Waals surface area (Å²) in [6.07, 6.45) is 9.14. The molecule has 1 heterocycles. The van der Waals surface area contributed by atoms with Gasteiger partial charge in [-0.1, -0.05) is 61.7 Å². The molecule has 1 N–H and O–H groups in total. The number of hydrogen-bond acceptors (Lipinski definition) is 2. The average Bonchev–Trinajstić information content (AvgIpc) is 2.67. The number of nitrogens with zero attached hydrogens (tertiary/aromatic N) is 1. The molecule has 2 aliphatic rings. The van der Waals surface area contributed by atoms with Crippen LogP contribution in [0.2, 0.25) is 0 Å². The maximum absolute atomic E-state index is 12.7. The van der Waals surface area contributed by atoms with E-state index < -0.39 is 0 Å². The van der Waals surface area contributed by atoms with Crippen molar-refractivity contribution in [2.24, 2.45) is 0 Å². The van der Waals surface area contributed by atoms with Crippen LogP contribution in [-0.4, -0.2) is 23.4 Å². The molecular weight excluding hydrogens is 320 g/mol. The van der Waals surface area contributed by atoms with Gasteiger partial charge in [-0.05, 0) is 37.0 Å². The molecule has 4 rings (SSSR count). The fourth-order valence-electron chi connectivity index (χ4n) is 4.55. The van der Waals surface area contributed by atoms with Crippen molar-refractivity contribution in [1.82, 2.24) is 4.90 Å². The lowest BCUT2D eigenvalue weighted by Crippen LogP contribution is -2.51. The minimum atomic E-state index is -0.0688. The molecule has 0 atom stereocenters. The van der Waals surface area contributed by atoms with Crippen LogP contribution in [0.15, 0.2) is 60.7 Å². The van der Waals surface area contributed by atoms with Gasteiger partial charge in [0.1, 0.15) is 0 Å². The van der Waals surface area contributed by atoms with Gasteiger partial charge >= 0.3 is 0 Å². The lowest BCUT2D eigenvalue weighted by Gasteiger charge is -2.50. The summed E-state index contributed by atoms with van der Waals surface area (Å²) >= 11 is 0. The van der Waals surface area contributed by atoms with Gasteiger partial charge in [-0.2, -0.15) is 0 Å². The Kier molecular flexibility index (Phi) is 4.54. The van der Waals surface area contributed by atoms with Crippen LogP contribution < -0.4 is 5.32 Å². The quantitative estimate of drug-likeness (QED) is 0.788. The largest absolute Gasteiger partial charge is 0.368 e. The summed E-state index contributed by atoms with van der Waals surface area (Å²) in [5.74, 6) is -0.0688. The number of fused-ring (bicyclic) bond motifs is 1. The third-order valence-electron chi connectivity index (χ3n) is 5.98. The summed E-state index contributed by atoms with van der Waals surface area (Å²) in [5, 5.41) is 2.99. The lowest BCUT2D eigenvalue weighted by molar-refractivity contribution is -0.111. The van der Waals surface area contributed by atoms with Crippen molar-refractivity contribution in [2.75, 3.05) is 12.4 Å². The molecule has 3 nitrogen and oxygen atoms in total. The lowest BCUT2D eigenvalue weighted by atomic mass is 9.72. The topological polar surface area (TPSA) is 32.3 Å². The standard InChI is InChI=1S/C23H26N2O/c1-25-21(16-22(26)24-19-11-4-2-5-12-19)20-13-7-6-10-18(20)17-23(25)14-8-3-9-15-23/h2,4-7,10-13,16H,3,8-9,14-15,17H2,1H3,(H,24,26)/b21-16+. The second-order valence-electron chi connectivity index (χ2n) is 7.56. The van der Waals surface area contributed by atoms with E-state index >= 15 is 0 Å². The number of carbonyl (C=O) groups excluding carboxylic acids is 1. The van der Waals surface area contributed by atoms with Gasteiger partial charge in [0.2, 0.25) is 5.91 Å². The van der Waals surface area contributed by atoms with E-state index in [0.717, 1.165) is 17.8 Å². The van der Waals surface area contributed by atoms with Gasteiger partial charge in [0, 0.05) is 35.6 Å². The van der Waals surface area contributed by atoms with Crippen molar-refractivity contribution in [3.63, 3.8) is 0 Å². The maximum atomic E-state index is 12.7. The Bertz CT molecular complexity index is 819. The summed E-state index contributed by atoms with van der Waals surface area (Å²) in [7, 11) is 2.17. The Labute approximate surface area is 155 Å². The van der Waals surface area contributed by atoms with Crippen molar-refractivity contribution in [3.8, 4) is 0 Å². The van der Waals surface area contributed by atoms with Crippen LogP contribution in [0, 0.1) is 0 Å². The molecule has 1 aliphatic heterocycles. The summed E-state index contributed by atoms with van der Waals surface area (Å²) in [6, 6.07) is 18.2. The van der Waals surface area contributed by atoms with Crippen LogP contribution in [0.4, 0.5) is 5.69 Å². The highest BCUT2D eigenvalue weighted by Crippen LogP contribution is 2.44. The molecule has 0 saturated heterocycles. The van der Waals surface area contributed by atoms with Crippen LogP contribution in [0.5, 0.6) is 0 Å². The number of nitrogens with one attached hydrogen (secondary N) is 1. The number of para-hydroxylation sites is 1. The number of carbonyl (C=O) groups is 1. The molecule has 2 aromatic carbocycles. The van der Waals surface area contributed by atoms with E-state index in [0.29, 0.717) is 0 Å². The molecule has 3 heteroatoms. The zero-order chi connectivity index (χ0) is 18.0. The monoisotopic (exact) mass is 346 g/mol. The van der Waals surface area contributed by atoms with Gasteiger partial charge in [0.25, 0.3) is 0 Å². The van der Waals surface area contributed by atoms with Crippen molar-refractivity contribution in [1.29, 1.82) is 0 Å². The van der Waals surface area contributed by atoms with Gasteiger partial charge in [-0.3, -0.25) is 4.79 Å². The van der Waals surface area contributed by atoms with Crippen molar-refractivity contribution in [3.05, 3.63) is 71.8 Å². The Hall–Kier alpha value is -2.55. The van der Waals surface area contributed by atoms with E-state index in [2.05, 4.69) is 41.5 Å². The smallest absolute Gasteiger partial charge is 0.250 e. The molecule has 0 aromatic heterocycles. The molecule has 1 fully saturated rings. The number of amides is 1. The van der Waals surface area contributed by atoms with Crippen LogP contribution in [-0.2, 0) is 11.2 Å². The number of likely N-dealkylation sites (N-methyl/N-ethyl adjacent to an activating group) is 1. The molecule has 1 spiro atoms. The fraction of sp³-hybridized carbons (Fsp3) is 0.348. The average molecular weight is 346 g/mol. The van der Waals surface area contributed by atoms with Crippen LogP contribution in [0.25, 0.3) is 5.70 Å². The van der Waals surface area contributed by atoms with E-state index in [1.54, 1.807) is 6.08 Å². The van der Waals surface area contributed by atoms with E-state index in [1.165, 1.54) is 43.2 Å². The second-order valence-corrected chi connectivity index (χ2v) is 7.56. The third kappa shape index (κ3) is 3.14. The SMILES string of the molecule is CN1/C(=C/C(=O)Nc2ccccc2)c2ccccc2CC12CCCCC2. The van der Waals surface area contributed by atoms with Crippen molar-refractivity contribution in [2.45, 2.75) is 44.1 Å². The second kappa shape index (κ2) is 6.99. The molecule has 1 saturated carbocycles. The molecule has 26 heavy (non-hydrogen) atoms. The molecule has 1 amide bonds. The predicted octanol–water partition coefficient (Wildman–Crippen LogP) is 4.86. The van der Waals surface area contributed by atoms with Crippen molar-refractivity contribution < 1.29 is 4.79 Å². The molecule has 0 bridgehead atoms. The molecular formula is C23H26N2O. The third-order valence-corrected chi connectivity index (χ3v) is 5.98. The van der Waals surface area contributed by atoms with Gasteiger partial charge in [-0.25, -0.2) is 0 Å². The maximum Gasteiger partial charge on any atom is 0.250 e. The Balaban J connectivity index is 1.69. The first-order valence-corrected chi connectivity index (χ1v) is 9.58. The minimum absolute atomic E-state index is 0.0688. The van der Waals surface area contributed by atoms with E-state index in [-0.39, 0.29) is 11.4 Å². The highest BCUT2D eigenvalue weighted by molar-refractivity contribution is 6.04. The Morgan fingerprint density at radius 2 is 1.69 bits per heavy atom. The minimum Gasteiger partial charge on any atom is -0.368 e. The Morgan fingerprint density at radius 3 is 2.46 bits per heavy atom. The first-order chi connectivity index (χ1) is 12.7. The van der Waals surface area contributed by atoms with Crippen LogP contribution in [0.3, 0.4) is 0 Å². The molecule has 1 aliphatic carbocycles. The summed E-state index contributed by atoms with van der Waals surface area (Å²) in [5.41, 5.74) is 4.59. The highest BCUT2D eigenvalue weighted by atomic mass is 16.1. The van der Waals surface area contributed by atoms with E-state index in [1.807, 2.05) is 30.3 Å². The van der Waals surface area contributed by atoms with Gasteiger partial charge in [0.15, 0.2) is 0 Å². The zero-order valence-corrected chi connectivity index (χ0v) is 15.4. The van der Waals surface area contributed by atoms with E-state index in [9.17, 15) is 4.79 Å². The Morgan fingerprint density at radius 1 is 1.00 bits per heavy atom.